The third kappa shape index (κ3) is 5.25. The van der Waals surface area contributed by atoms with Gasteiger partial charge in [-0.15, -0.1) is 0 Å². The monoisotopic (exact) mass is 435 g/mol. The third-order valence-corrected chi connectivity index (χ3v) is 5.53. The summed E-state index contributed by atoms with van der Waals surface area (Å²) in [7, 11) is 0. The van der Waals surface area contributed by atoms with Crippen molar-refractivity contribution >= 4 is 17.6 Å². The van der Waals surface area contributed by atoms with Crippen molar-refractivity contribution < 1.29 is 14.3 Å². The average molecular weight is 436 g/mol. The van der Waals surface area contributed by atoms with Crippen LogP contribution in [0, 0.1) is 0 Å². The first-order valence-corrected chi connectivity index (χ1v) is 10.9. The van der Waals surface area contributed by atoms with Gasteiger partial charge in [-0.25, -0.2) is 14.3 Å². The molecule has 8 nitrogen and oxygen atoms in total. The lowest BCUT2D eigenvalue weighted by atomic mass is 9.89. The van der Waals surface area contributed by atoms with Crippen molar-refractivity contribution in [3.05, 3.63) is 65.6 Å². The number of imidazole rings is 1. The summed E-state index contributed by atoms with van der Waals surface area (Å²) in [6.07, 6.45) is 4.98. The van der Waals surface area contributed by atoms with E-state index in [1.165, 1.54) is 5.56 Å². The van der Waals surface area contributed by atoms with Crippen LogP contribution in [0.5, 0.6) is 0 Å². The fraction of sp³-hybridized carbons (Fsp3) is 0.417. The fourth-order valence-corrected chi connectivity index (χ4v) is 3.85. The van der Waals surface area contributed by atoms with Gasteiger partial charge in [-0.05, 0) is 69.4 Å². The van der Waals surface area contributed by atoms with E-state index in [2.05, 4.69) is 15.4 Å². The van der Waals surface area contributed by atoms with Crippen molar-refractivity contribution in [3.63, 3.8) is 0 Å². The first-order chi connectivity index (χ1) is 15.3. The number of likely N-dealkylation sites (tertiary alicyclic amines) is 1. The van der Waals surface area contributed by atoms with E-state index in [0.717, 1.165) is 24.2 Å². The number of rotatable bonds is 4. The van der Waals surface area contributed by atoms with Gasteiger partial charge in [0.05, 0.1) is 12.2 Å². The van der Waals surface area contributed by atoms with Crippen molar-refractivity contribution in [1.82, 2.24) is 24.8 Å². The van der Waals surface area contributed by atoms with E-state index in [0.29, 0.717) is 31.1 Å². The predicted octanol–water partition coefficient (Wildman–Crippen LogP) is 3.77. The molecule has 1 fully saturated rings. The van der Waals surface area contributed by atoms with E-state index in [1.807, 2.05) is 57.2 Å². The summed E-state index contributed by atoms with van der Waals surface area (Å²) in [4.78, 5) is 30.7. The van der Waals surface area contributed by atoms with Crippen LogP contribution in [0.2, 0.25) is 0 Å². The number of carbonyl (C=O) groups is 2. The summed E-state index contributed by atoms with van der Waals surface area (Å²) in [6.45, 7) is 7.34. The number of aromatic nitrogens is 3. The minimum absolute atomic E-state index is 0.135. The van der Waals surface area contributed by atoms with Crippen LogP contribution in [0.4, 0.5) is 4.79 Å². The second-order valence-corrected chi connectivity index (χ2v) is 9.10. The molecule has 0 atom stereocenters. The highest BCUT2D eigenvalue weighted by molar-refractivity contribution is 5.94. The zero-order chi connectivity index (χ0) is 22.7. The molecule has 1 aliphatic heterocycles. The summed E-state index contributed by atoms with van der Waals surface area (Å²) < 4.78 is 7.15. The molecule has 4 rings (SSSR count). The van der Waals surface area contributed by atoms with E-state index in [9.17, 15) is 9.59 Å². The molecule has 2 aromatic heterocycles. The van der Waals surface area contributed by atoms with Crippen LogP contribution in [-0.4, -0.2) is 50.2 Å². The first-order valence-electron chi connectivity index (χ1n) is 10.9. The summed E-state index contributed by atoms with van der Waals surface area (Å²) >= 11 is 0. The molecule has 1 aliphatic rings. The topological polar surface area (TPSA) is 88.8 Å². The van der Waals surface area contributed by atoms with Crippen molar-refractivity contribution in [2.24, 2.45) is 0 Å². The van der Waals surface area contributed by atoms with Gasteiger partial charge >= 0.3 is 6.09 Å². The molecule has 0 saturated carbocycles. The maximum absolute atomic E-state index is 12.5. The zero-order valence-electron chi connectivity index (χ0n) is 18.7. The Morgan fingerprint density at radius 1 is 1.09 bits per heavy atom. The van der Waals surface area contributed by atoms with Gasteiger partial charge in [-0.1, -0.05) is 12.1 Å². The predicted molar refractivity (Wildman–Crippen MR) is 120 cm³/mol. The smallest absolute Gasteiger partial charge is 0.410 e. The quantitative estimate of drug-likeness (QED) is 0.674. The van der Waals surface area contributed by atoms with Gasteiger partial charge in [-0.2, -0.15) is 5.10 Å². The van der Waals surface area contributed by atoms with E-state index in [1.54, 1.807) is 21.8 Å². The Morgan fingerprint density at radius 2 is 1.81 bits per heavy atom. The van der Waals surface area contributed by atoms with Crippen molar-refractivity contribution in [2.75, 3.05) is 13.1 Å². The zero-order valence-corrected chi connectivity index (χ0v) is 18.7. The molecule has 3 aromatic rings. The number of hydrogen-bond donors (Lipinski definition) is 1. The normalized spacial score (nSPS) is 15.0. The number of carbonyl (C=O) groups excluding carboxylic acids is 2. The summed E-state index contributed by atoms with van der Waals surface area (Å²) in [5, 5.41) is 7.33. The average Bonchev–Trinajstić information content (AvgIpc) is 3.24. The largest absolute Gasteiger partial charge is 0.444 e. The molecule has 168 valence electrons. The Morgan fingerprint density at radius 3 is 2.50 bits per heavy atom. The Hall–Kier alpha value is -3.42. The van der Waals surface area contributed by atoms with Gasteiger partial charge in [0.25, 0.3) is 5.91 Å². The second-order valence-electron chi connectivity index (χ2n) is 9.10. The Kier molecular flexibility index (Phi) is 6.12. The van der Waals surface area contributed by atoms with Crippen LogP contribution in [0.15, 0.2) is 48.8 Å². The van der Waals surface area contributed by atoms with Crippen LogP contribution >= 0.6 is 0 Å². The standard InChI is InChI=1S/C24H29N5O3/c1-24(2,3)32-23(31)28-13-10-18(11-14-28)17-4-6-19(7-5-17)22(30)26-16-20-8-9-21-25-12-15-29(21)27-20/h4-9,12,15,18H,10-11,13-14,16H2,1-3H3,(H,26,30). The van der Waals surface area contributed by atoms with Crippen LogP contribution in [0.3, 0.4) is 0 Å². The van der Waals surface area contributed by atoms with Gasteiger partial charge in [0.2, 0.25) is 0 Å². The molecule has 0 spiro atoms. The fourth-order valence-electron chi connectivity index (χ4n) is 3.85. The number of nitrogens with zero attached hydrogens (tertiary/aromatic N) is 4. The highest BCUT2D eigenvalue weighted by Gasteiger charge is 2.27. The molecule has 1 aromatic carbocycles. The third-order valence-electron chi connectivity index (χ3n) is 5.53. The number of benzene rings is 1. The number of fused-ring (bicyclic) bond motifs is 1. The Labute approximate surface area is 187 Å². The van der Waals surface area contributed by atoms with Crippen LogP contribution in [0.1, 0.15) is 61.1 Å². The number of ether oxygens (including phenoxy) is 1. The Balaban J connectivity index is 1.29. The van der Waals surface area contributed by atoms with Gasteiger partial charge in [0, 0.05) is 31.0 Å². The van der Waals surface area contributed by atoms with E-state index >= 15 is 0 Å². The number of nitrogens with one attached hydrogen (secondary N) is 1. The molecule has 1 N–H and O–H groups in total. The second kappa shape index (κ2) is 8.98. The van der Waals surface area contributed by atoms with Crippen LogP contribution in [-0.2, 0) is 11.3 Å². The SMILES string of the molecule is CC(C)(C)OC(=O)N1CCC(c2ccc(C(=O)NCc3ccc4nccn4n3)cc2)CC1. The van der Waals surface area contributed by atoms with Gasteiger partial charge in [0.15, 0.2) is 5.65 Å². The van der Waals surface area contributed by atoms with Crippen molar-refractivity contribution in [1.29, 1.82) is 0 Å². The van der Waals surface area contributed by atoms with Crippen molar-refractivity contribution in [3.8, 4) is 0 Å². The maximum Gasteiger partial charge on any atom is 0.410 e. The highest BCUT2D eigenvalue weighted by Crippen LogP contribution is 2.29. The highest BCUT2D eigenvalue weighted by atomic mass is 16.6. The van der Waals surface area contributed by atoms with Crippen LogP contribution in [0.25, 0.3) is 5.65 Å². The molecule has 0 aliphatic carbocycles. The number of hydrogen-bond acceptors (Lipinski definition) is 5. The first kappa shape index (κ1) is 21.8. The van der Waals surface area contributed by atoms with E-state index < -0.39 is 5.60 Å². The number of amides is 2. The molecule has 3 heterocycles. The van der Waals surface area contributed by atoms with Crippen molar-refractivity contribution in [2.45, 2.75) is 51.7 Å². The summed E-state index contributed by atoms with van der Waals surface area (Å²) in [5.41, 5.74) is 2.86. The summed E-state index contributed by atoms with van der Waals surface area (Å²) in [5.74, 6) is 0.237. The molecule has 1 saturated heterocycles. The lowest BCUT2D eigenvalue weighted by molar-refractivity contribution is 0.0204. The van der Waals surface area contributed by atoms with Crippen LogP contribution < -0.4 is 5.32 Å². The molecule has 2 amide bonds. The maximum atomic E-state index is 12.5. The lowest BCUT2D eigenvalue weighted by Crippen LogP contribution is -2.41. The van der Waals surface area contributed by atoms with E-state index in [-0.39, 0.29) is 12.0 Å². The summed E-state index contributed by atoms with van der Waals surface area (Å²) in [6, 6.07) is 11.5. The number of piperidine rings is 1. The Bertz CT molecular complexity index is 1090. The van der Waals surface area contributed by atoms with Gasteiger partial charge in [0.1, 0.15) is 5.60 Å². The molecule has 32 heavy (non-hydrogen) atoms. The molecular weight excluding hydrogens is 406 g/mol. The van der Waals surface area contributed by atoms with E-state index in [4.69, 9.17) is 4.74 Å². The molecule has 0 unspecified atom stereocenters. The van der Waals surface area contributed by atoms with Gasteiger partial charge in [-0.3, -0.25) is 4.79 Å². The minimum Gasteiger partial charge on any atom is -0.444 e. The molecule has 0 radical (unpaired) electrons. The molecule has 8 heteroatoms. The van der Waals surface area contributed by atoms with Gasteiger partial charge < -0.3 is 15.0 Å². The minimum atomic E-state index is -0.480. The molecule has 0 bridgehead atoms. The molecular formula is C24H29N5O3. The lowest BCUT2D eigenvalue weighted by Gasteiger charge is -2.33.